The minimum absolute atomic E-state index is 0.362. The lowest BCUT2D eigenvalue weighted by Crippen LogP contribution is -2.41. The molecule has 2 heterocycles. The van der Waals surface area contributed by atoms with E-state index in [-0.39, 0.29) is 0 Å². The highest BCUT2D eigenvalue weighted by Crippen LogP contribution is 2.49. The molecule has 6 nitrogen and oxygen atoms in total. The van der Waals surface area contributed by atoms with Gasteiger partial charge >= 0.3 is 0 Å². The van der Waals surface area contributed by atoms with Crippen LogP contribution in [0.1, 0.15) is 38.4 Å². The van der Waals surface area contributed by atoms with Crippen LogP contribution < -0.4 is 10.6 Å². The standard InChI is InChI=1S/C20H33N3O3/c1-2-24-13-9-20(7-8-20)16-23-19(22-14-17-6-12-25-15-17)21-10-5-18-4-3-11-26-18/h3-4,11,17H,2,5-10,12-16H2,1H3,(H2,21,22,23). The van der Waals surface area contributed by atoms with Crippen LogP contribution in [0.15, 0.2) is 27.8 Å². The van der Waals surface area contributed by atoms with E-state index >= 15 is 0 Å². The molecule has 0 aromatic carbocycles. The first kappa shape index (κ1) is 19.2. The van der Waals surface area contributed by atoms with Crippen LogP contribution in [-0.4, -0.2) is 52.0 Å². The Bertz CT molecular complexity index is 535. The van der Waals surface area contributed by atoms with Crippen molar-refractivity contribution in [1.82, 2.24) is 10.6 Å². The summed E-state index contributed by atoms with van der Waals surface area (Å²) in [5.41, 5.74) is 0.362. The van der Waals surface area contributed by atoms with Crippen molar-refractivity contribution in [3.8, 4) is 0 Å². The molecule has 1 aromatic heterocycles. The van der Waals surface area contributed by atoms with E-state index in [1.807, 2.05) is 12.1 Å². The van der Waals surface area contributed by atoms with Crippen LogP contribution in [0.3, 0.4) is 0 Å². The smallest absolute Gasteiger partial charge is 0.191 e. The fraction of sp³-hybridized carbons (Fsp3) is 0.750. The summed E-state index contributed by atoms with van der Waals surface area (Å²) in [6.07, 6.45) is 7.35. The van der Waals surface area contributed by atoms with Crippen LogP contribution in [0.4, 0.5) is 0 Å². The van der Waals surface area contributed by atoms with E-state index in [0.29, 0.717) is 11.3 Å². The van der Waals surface area contributed by atoms with Crippen LogP contribution in [0.5, 0.6) is 0 Å². The molecule has 1 aromatic rings. The zero-order valence-corrected chi connectivity index (χ0v) is 16.0. The number of aliphatic imine (C=N–C) groups is 1. The quantitative estimate of drug-likeness (QED) is 0.359. The number of furan rings is 1. The summed E-state index contributed by atoms with van der Waals surface area (Å²) in [5.74, 6) is 2.49. The second-order valence-corrected chi connectivity index (χ2v) is 7.48. The molecule has 1 aliphatic heterocycles. The van der Waals surface area contributed by atoms with Gasteiger partial charge in [0.15, 0.2) is 5.96 Å². The summed E-state index contributed by atoms with van der Waals surface area (Å²) in [6, 6.07) is 3.94. The fourth-order valence-electron chi connectivity index (χ4n) is 3.26. The van der Waals surface area contributed by atoms with Crippen molar-refractivity contribution in [2.24, 2.45) is 16.3 Å². The van der Waals surface area contributed by atoms with Gasteiger partial charge in [-0.15, -0.1) is 0 Å². The Balaban J connectivity index is 1.47. The van der Waals surface area contributed by atoms with Crippen molar-refractivity contribution in [2.75, 3.05) is 46.1 Å². The molecule has 2 aliphatic rings. The first-order valence-corrected chi connectivity index (χ1v) is 10.00. The molecule has 6 heteroatoms. The summed E-state index contributed by atoms with van der Waals surface area (Å²) in [5, 5.41) is 6.96. The van der Waals surface area contributed by atoms with Gasteiger partial charge in [0.05, 0.1) is 12.9 Å². The van der Waals surface area contributed by atoms with E-state index in [1.165, 1.54) is 12.8 Å². The molecule has 0 bridgehead atoms. The van der Waals surface area contributed by atoms with Crippen LogP contribution in [-0.2, 0) is 15.9 Å². The summed E-state index contributed by atoms with van der Waals surface area (Å²) < 4.78 is 16.4. The number of rotatable bonds is 11. The molecular formula is C20H33N3O3. The van der Waals surface area contributed by atoms with Crippen LogP contribution >= 0.6 is 0 Å². The van der Waals surface area contributed by atoms with Crippen molar-refractivity contribution in [3.63, 3.8) is 0 Å². The number of nitrogens with zero attached hydrogens (tertiary/aromatic N) is 1. The van der Waals surface area contributed by atoms with Gasteiger partial charge in [-0.05, 0) is 50.2 Å². The number of hydrogen-bond acceptors (Lipinski definition) is 4. The van der Waals surface area contributed by atoms with E-state index in [4.69, 9.17) is 18.9 Å². The first-order chi connectivity index (χ1) is 12.8. The average molecular weight is 364 g/mol. The third-order valence-corrected chi connectivity index (χ3v) is 5.34. The van der Waals surface area contributed by atoms with Gasteiger partial charge in [0.1, 0.15) is 5.76 Å². The molecule has 2 N–H and O–H groups in total. The molecule has 1 saturated carbocycles. The molecule has 0 spiro atoms. The van der Waals surface area contributed by atoms with Crippen molar-refractivity contribution >= 4 is 5.96 Å². The maximum Gasteiger partial charge on any atom is 0.191 e. The normalized spacial score (nSPS) is 21.7. The lowest BCUT2D eigenvalue weighted by atomic mass is 10.0. The maximum atomic E-state index is 5.53. The van der Waals surface area contributed by atoms with Crippen LogP contribution in [0.25, 0.3) is 0 Å². The first-order valence-electron chi connectivity index (χ1n) is 10.00. The van der Waals surface area contributed by atoms with Gasteiger partial charge in [-0.3, -0.25) is 4.99 Å². The summed E-state index contributed by atoms with van der Waals surface area (Å²) in [7, 11) is 0. The van der Waals surface area contributed by atoms with E-state index < -0.39 is 0 Å². The molecule has 26 heavy (non-hydrogen) atoms. The van der Waals surface area contributed by atoms with Gasteiger partial charge in [-0.25, -0.2) is 0 Å². The molecule has 1 atom stereocenters. The highest BCUT2D eigenvalue weighted by atomic mass is 16.5. The van der Waals surface area contributed by atoms with Gasteiger partial charge < -0.3 is 24.5 Å². The Kier molecular flexibility index (Phi) is 7.38. The molecule has 0 amide bonds. The van der Waals surface area contributed by atoms with Crippen molar-refractivity contribution in [1.29, 1.82) is 0 Å². The van der Waals surface area contributed by atoms with E-state index in [1.54, 1.807) is 6.26 Å². The van der Waals surface area contributed by atoms with Gasteiger partial charge in [0.2, 0.25) is 0 Å². The topological polar surface area (TPSA) is 68.0 Å². The average Bonchev–Trinajstić information content (AvgIpc) is 3.06. The SMILES string of the molecule is CCOCCC1(CN=C(NCCc2ccco2)NCC2CCOC2)CC1. The van der Waals surface area contributed by atoms with Crippen LogP contribution in [0, 0.1) is 11.3 Å². The highest BCUT2D eigenvalue weighted by Gasteiger charge is 2.41. The Morgan fingerprint density at radius 1 is 1.38 bits per heavy atom. The van der Waals surface area contributed by atoms with Crippen molar-refractivity contribution in [3.05, 3.63) is 24.2 Å². The number of ether oxygens (including phenoxy) is 2. The summed E-state index contributed by atoms with van der Waals surface area (Å²) in [6.45, 7) is 8.03. The summed E-state index contributed by atoms with van der Waals surface area (Å²) in [4.78, 5) is 4.88. The van der Waals surface area contributed by atoms with E-state index in [0.717, 1.165) is 77.0 Å². The van der Waals surface area contributed by atoms with Gasteiger partial charge in [0, 0.05) is 51.8 Å². The molecular weight excluding hydrogens is 330 g/mol. The lowest BCUT2D eigenvalue weighted by molar-refractivity contribution is 0.129. The van der Waals surface area contributed by atoms with Gasteiger partial charge in [-0.2, -0.15) is 0 Å². The molecule has 2 fully saturated rings. The zero-order valence-electron chi connectivity index (χ0n) is 16.0. The molecule has 1 saturated heterocycles. The van der Waals surface area contributed by atoms with Crippen molar-refractivity contribution < 1.29 is 13.9 Å². The maximum absolute atomic E-state index is 5.53. The molecule has 0 radical (unpaired) electrons. The monoisotopic (exact) mass is 363 g/mol. The lowest BCUT2D eigenvalue weighted by Gasteiger charge is -2.17. The third-order valence-electron chi connectivity index (χ3n) is 5.34. The second kappa shape index (κ2) is 9.97. The van der Waals surface area contributed by atoms with Gasteiger partial charge in [0.25, 0.3) is 0 Å². The number of guanidine groups is 1. The number of nitrogens with one attached hydrogen (secondary N) is 2. The van der Waals surface area contributed by atoms with Gasteiger partial charge in [-0.1, -0.05) is 0 Å². The minimum atomic E-state index is 0.362. The number of hydrogen-bond donors (Lipinski definition) is 2. The summed E-state index contributed by atoms with van der Waals surface area (Å²) >= 11 is 0. The van der Waals surface area contributed by atoms with Crippen LogP contribution in [0.2, 0.25) is 0 Å². The second-order valence-electron chi connectivity index (χ2n) is 7.48. The predicted molar refractivity (Wildman–Crippen MR) is 102 cm³/mol. The zero-order chi connectivity index (χ0) is 18.1. The fourth-order valence-corrected chi connectivity index (χ4v) is 3.26. The molecule has 1 unspecified atom stereocenters. The Morgan fingerprint density at radius 2 is 2.31 bits per heavy atom. The van der Waals surface area contributed by atoms with E-state index in [2.05, 4.69) is 17.6 Å². The minimum Gasteiger partial charge on any atom is -0.469 e. The largest absolute Gasteiger partial charge is 0.469 e. The third kappa shape index (κ3) is 6.32. The molecule has 146 valence electrons. The molecule has 1 aliphatic carbocycles. The predicted octanol–water partition coefficient (Wildman–Crippen LogP) is 2.60. The Hall–Kier alpha value is -1.53. The van der Waals surface area contributed by atoms with Crippen molar-refractivity contribution in [2.45, 2.75) is 39.0 Å². The Morgan fingerprint density at radius 3 is 3.00 bits per heavy atom. The Labute approximate surface area is 156 Å². The van der Waals surface area contributed by atoms with E-state index in [9.17, 15) is 0 Å². The molecule has 3 rings (SSSR count). The highest BCUT2D eigenvalue weighted by molar-refractivity contribution is 5.79.